The third-order valence-electron chi connectivity index (χ3n) is 0.756. The highest BCUT2D eigenvalue weighted by Crippen LogP contribution is 1.68. The van der Waals surface area contributed by atoms with E-state index in [-0.39, 0.29) is 0 Å². The van der Waals surface area contributed by atoms with Gasteiger partial charge in [0.2, 0.25) is 6.41 Å². The van der Waals surface area contributed by atoms with Crippen molar-refractivity contribution in [2.24, 2.45) is 0 Å². The van der Waals surface area contributed by atoms with E-state index in [0.29, 0.717) is 19.5 Å². The summed E-state index contributed by atoms with van der Waals surface area (Å²) in [6, 6.07) is 0. The van der Waals surface area contributed by atoms with E-state index < -0.39 is 0 Å². The van der Waals surface area contributed by atoms with Gasteiger partial charge in [0.1, 0.15) is 0 Å². The van der Waals surface area contributed by atoms with Gasteiger partial charge in [0.05, 0.1) is 0 Å². The number of likely N-dealkylation sites (N-methyl/N-ethyl adjacent to an activating group) is 1. The van der Waals surface area contributed by atoms with Crippen LogP contribution in [0.25, 0.3) is 0 Å². The molecule has 0 aromatic rings. The van der Waals surface area contributed by atoms with Gasteiger partial charge in [-0.15, -0.1) is 0 Å². The van der Waals surface area contributed by atoms with E-state index in [1.165, 1.54) is 4.90 Å². The Morgan fingerprint density at radius 3 is 2.88 bits per heavy atom. The topological polar surface area (TPSA) is 52.6 Å². The summed E-state index contributed by atoms with van der Waals surface area (Å²) in [6.07, 6.45) is 0.706. The number of carbonyl (C=O) groups is 1. The van der Waals surface area contributed by atoms with Gasteiger partial charge in [-0.3, -0.25) is 4.79 Å². The van der Waals surface area contributed by atoms with E-state index >= 15 is 0 Å². The maximum atomic E-state index is 9.83. The van der Waals surface area contributed by atoms with Crippen molar-refractivity contribution in [1.82, 2.24) is 10.4 Å². The SMILES string of the molecule is CN(C=O)CCNO. The van der Waals surface area contributed by atoms with Crippen molar-refractivity contribution in [2.75, 3.05) is 20.1 Å². The van der Waals surface area contributed by atoms with Gasteiger partial charge in [-0.1, -0.05) is 0 Å². The number of hydroxylamine groups is 1. The Hall–Kier alpha value is -0.610. The predicted molar refractivity (Wildman–Crippen MR) is 28.5 cm³/mol. The molecule has 48 valence electrons. The molecule has 1 amide bonds. The lowest BCUT2D eigenvalue weighted by atomic mass is 10.6. The molecular weight excluding hydrogens is 108 g/mol. The molecule has 0 fully saturated rings. The van der Waals surface area contributed by atoms with Gasteiger partial charge in [-0.05, 0) is 0 Å². The highest BCUT2D eigenvalue weighted by Gasteiger charge is 1.88. The Bertz CT molecular complexity index is 67.1. The molecule has 0 aromatic heterocycles. The summed E-state index contributed by atoms with van der Waals surface area (Å²) < 4.78 is 0. The summed E-state index contributed by atoms with van der Waals surface area (Å²) in [6.45, 7) is 0.940. The molecule has 0 bridgehead atoms. The molecule has 0 saturated heterocycles. The van der Waals surface area contributed by atoms with E-state index in [0.717, 1.165) is 0 Å². The fourth-order valence-corrected chi connectivity index (χ4v) is 0.279. The zero-order chi connectivity index (χ0) is 6.41. The van der Waals surface area contributed by atoms with E-state index in [9.17, 15) is 4.79 Å². The lowest BCUT2D eigenvalue weighted by Gasteiger charge is -2.07. The van der Waals surface area contributed by atoms with Crippen LogP contribution in [0, 0.1) is 0 Å². The number of carbonyl (C=O) groups excluding carboxylic acids is 1. The maximum Gasteiger partial charge on any atom is 0.209 e. The zero-order valence-electron chi connectivity index (χ0n) is 4.79. The van der Waals surface area contributed by atoms with Crippen LogP contribution in [0.4, 0.5) is 0 Å². The van der Waals surface area contributed by atoms with Crippen LogP contribution >= 0.6 is 0 Å². The fraction of sp³-hybridized carbons (Fsp3) is 0.750. The largest absolute Gasteiger partial charge is 0.347 e. The van der Waals surface area contributed by atoms with Crippen molar-refractivity contribution in [3.8, 4) is 0 Å². The van der Waals surface area contributed by atoms with E-state index in [4.69, 9.17) is 5.21 Å². The van der Waals surface area contributed by atoms with Crippen LogP contribution in [-0.4, -0.2) is 36.7 Å². The number of hydrogen-bond donors (Lipinski definition) is 2. The summed E-state index contributed by atoms with van der Waals surface area (Å²) in [4.78, 5) is 11.3. The van der Waals surface area contributed by atoms with Crippen molar-refractivity contribution >= 4 is 6.41 Å². The minimum absolute atomic E-state index is 0.412. The minimum Gasteiger partial charge on any atom is -0.347 e. The summed E-state index contributed by atoms with van der Waals surface area (Å²) in [5.41, 5.74) is 1.93. The first-order chi connectivity index (χ1) is 3.81. The maximum absolute atomic E-state index is 9.83. The summed E-state index contributed by atoms with van der Waals surface area (Å²) >= 11 is 0. The van der Waals surface area contributed by atoms with Crippen molar-refractivity contribution < 1.29 is 10.0 Å². The molecular formula is C4H10N2O2. The Labute approximate surface area is 48.1 Å². The lowest BCUT2D eigenvalue weighted by Crippen LogP contribution is -2.26. The molecule has 0 saturated carbocycles. The average molecular weight is 118 g/mol. The van der Waals surface area contributed by atoms with Crippen LogP contribution in [-0.2, 0) is 4.79 Å². The zero-order valence-corrected chi connectivity index (χ0v) is 4.79. The van der Waals surface area contributed by atoms with Crippen LogP contribution in [0.3, 0.4) is 0 Å². The van der Waals surface area contributed by atoms with Gasteiger partial charge in [0, 0.05) is 20.1 Å². The lowest BCUT2D eigenvalue weighted by molar-refractivity contribution is -0.117. The Kier molecular flexibility index (Phi) is 4.20. The van der Waals surface area contributed by atoms with Crippen molar-refractivity contribution in [3.05, 3.63) is 0 Å². The van der Waals surface area contributed by atoms with E-state index in [2.05, 4.69) is 0 Å². The van der Waals surface area contributed by atoms with Gasteiger partial charge in [-0.2, -0.15) is 0 Å². The van der Waals surface area contributed by atoms with E-state index in [1.807, 2.05) is 5.48 Å². The minimum atomic E-state index is 0.412. The second kappa shape index (κ2) is 4.55. The molecule has 2 N–H and O–H groups in total. The number of nitrogens with zero attached hydrogens (tertiary/aromatic N) is 1. The molecule has 0 atom stereocenters. The second-order valence-corrected chi connectivity index (χ2v) is 1.49. The molecule has 0 spiro atoms. The molecule has 0 radical (unpaired) electrons. The molecule has 0 aliphatic carbocycles. The third-order valence-corrected chi connectivity index (χ3v) is 0.756. The van der Waals surface area contributed by atoms with Crippen molar-refractivity contribution in [3.63, 3.8) is 0 Å². The summed E-state index contributed by atoms with van der Waals surface area (Å²) in [5.74, 6) is 0. The molecule has 4 nitrogen and oxygen atoms in total. The Balaban J connectivity index is 2.98. The molecule has 8 heavy (non-hydrogen) atoms. The molecule has 0 unspecified atom stereocenters. The fourth-order valence-electron chi connectivity index (χ4n) is 0.279. The Morgan fingerprint density at radius 1 is 1.88 bits per heavy atom. The first-order valence-electron chi connectivity index (χ1n) is 2.33. The third kappa shape index (κ3) is 3.58. The first-order valence-corrected chi connectivity index (χ1v) is 2.33. The van der Waals surface area contributed by atoms with Crippen LogP contribution in [0.1, 0.15) is 0 Å². The summed E-state index contributed by atoms with van der Waals surface area (Å²) in [5, 5.41) is 8.02. The number of nitrogens with one attached hydrogen (secondary N) is 1. The number of hydrogen-bond acceptors (Lipinski definition) is 3. The van der Waals surface area contributed by atoms with Gasteiger partial charge in [0.15, 0.2) is 0 Å². The molecule has 0 heterocycles. The standard InChI is InChI=1S/C4H10N2O2/c1-6(4-7)3-2-5-8/h4-5,8H,2-3H2,1H3. The number of amides is 1. The Morgan fingerprint density at radius 2 is 2.50 bits per heavy atom. The van der Waals surface area contributed by atoms with Crippen molar-refractivity contribution in [2.45, 2.75) is 0 Å². The normalized spacial score (nSPS) is 8.75. The van der Waals surface area contributed by atoms with Crippen LogP contribution < -0.4 is 5.48 Å². The molecule has 0 aliphatic heterocycles. The highest BCUT2D eigenvalue weighted by molar-refractivity contribution is 5.46. The van der Waals surface area contributed by atoms with Crippen molar-refractivity contribution in [1.29, 1.82) is 0 Å². The molecule has 0 aliphatic rings. The second-order valence-electron chi connectivity index (χ2n) is 1.49. The quantitative estimate of drug-likeness (QED) is 0.370. The van der Waals surface area contributed by atoms with Gasteiger partial charge in [0.25, 0.3) is 0 Å². The molecule has 0 aromatic carbocycles. The highest BCUT2D eigenvalue weighted by atomic mass is 16.5. The average Bonchev–Trinajstić information content (AvgIpc) is 1.83. The van der Waals surface area contributed by atoms with Gasteiger partial charge in [-0.25, -0.2) is 5.48 Å². The first kappa shape index (κ1) is 7.39. The monoisotopic (exact) mass is 118 g/mol. The molecule has 0 rings (SSSR count). The van der Waals surface area contributed by atoms with Crippen LogP contribution in [0.15, 0.2) is 0 Å². The van der Waals surface area contributed by atoms with E-state index in [1.54, 1.807) is 7.05 Å². The van der Waals surface area contributed by atoms with Gasteiger partial charge < -0.3 is 10.1 Å². The van der Waals surface area contributed by atoms with Gasteiger partial charge >= 0.3 is 0 Å². The smallest absolute Gasteiger partial charge is 0.209 e. The summed E-state index contributed by atoms with van der Waals surface area (Å²) in [7, 11) is 1.64. The predicted octanol–water partition coefficient (Wildman–Crippen LogP) is -0.947. The molecule has 4 heteroatoms. The van der Waals surface area contributed by atoms with Crippen LogP contribution in [0.5, 0.6) is 0 Å². The van der Waals surface area contributed by atoms with Crippen LogP contribution in [0.2, 0.25) is 0 Å². The number of rotatable bonds is 4.